The second kappa shape index (κ2) is 4.65. The molecule has 74 valence electrons. The van der Waals surface area contributed by atoms with Gasteiger partial charge >= 0.3 is 0 Å². The highest BCUT2D eigenvalue weighted by atomic mass is 32.2. The van der Waals surface area contributed by atoms with Crippen molar-refractivity contribution in [1.29, 1.82) is 0 Å². The molecule has 0 saturated heterocycles. The Morgan fingerprint density at radius 3 is 2.46 bits per heavy atom. The van der Waals surface area contributed by atoms with Gasteiger partial charge in [-0.2, -0.15) is 0 Å². The first-order valence-corrected chi connectivity index (χ1v) is 5.63. The van der Waals surface area contributed by atoms with Crippen molar-refractivity contribution in [2.75, 3.05) is 5.75 Å². The summed E-state index contributed by atoms with van der Waals surface area (Å²) in [5.74, 6) is 3.17. The lowest BCUT2D eigenvalue weighted by Crippen LogP contribution is -1.91. The molecule has 1 N–H and O–H groups in total. The monoisotopic (exact) mass is 199 g/mol. The zero-order chi connectivity index (χ0) is 9.84. The second-order valence-corrected chi connectivity index (χ2v) is 4.85. The first-order chi connectivity index (χ1) is 6.09. The van der Waals surface area contributed by atoms with E-state index >= 15 is 0 Å². The minimum atomic E-state index is 0.431. The molecular formula is C9H17N3S. The van der Waals surface area contributed by atoms with Crippen LogP contribution >= 0.6 is 11.8 Å². The number of hydrogen-bond donors (Lipinski definition) is 1. The average Bonchev–Trinajstić information content (AvgIpc) is 2.48. The van der Waals surface area contributed by atoms with E-state index in [0.29, 0.717) is 11.8 Å². The highest BCUT2D eigenvalue weighted by Crippen LogP contribution is 2.18. The fraction of sp³-hybridized carbons (Fsp3) is 0.778. The third-order valence-corrected chi connectivity index (χ3v) is 2.85. The predicted molar refractivity (Wildman–Crippen MR) is 56.0 cm³/mol. The van der Waals surface area contributed by atoms with Crippen molar-refractivity contribution in [3.8, 4) is 0 Å². The molecule has 0 spiro atoms. The molecule has 3 nitrogen and oxygen atoms in total. The van der Waals surface area contributed by atoms with Crippen LogP contribution in [0.15, 0.2) is 5.16 Å². The standard InChI is InChI=1S/C9H17N3S/c1-6(2)5-13-9-10-8(7(3)4)11-12-9/h6-7H,5H2,1-4H3,(H,10,11,12). The smallest absolute Gasteiger partial charge is 0.208 e. The number of thioether (sulfide) groups is 1. The highest BCUT2D eigenvalue weighted by Gasteiger charge is 2.07. The maximum Gasteiger partial charge on any atom is 0.208 e. The number of rotatable bonds is 4. The quantitative estimate of drug-likeness (QED) is 0.758. The molecule has 4 heteroatoms. The van der Waals surface area contributed by atoms with Crippen LogP contribution in [0, 0.1) is 5.92 Å². The third kappa shape index (κ3) is 3.38. The van der Waals surface area contributed by atoms with E-state index in [1.54, 1.807) is 11.8 Å². The van der Waals surface area contributed by atoms with Crippen molar-refractivity contribution in [2.24, 2.45) is 5.92 Å². The molecule has 0 aliphatic carbocycles. The number of aromatic nitrogens is 3. The van der Waals surface area contributed by atoms with Crippen LogP contribution in [0.25, 0.3) is 0 Å². The Morgan fingerprint density at radius 1 is 1.31 bits per heavy atom. The fourth-order valence-corrected chi connectivity index (χ4v) is 1.58. The van der Waals surface area contributed by atoms with E-state index in [9.17, 15) is 0 Å². The summed E-state index contributed by atoms with van der Waals surface area (Å²) in [6, 6.07) is 0. The molecule has 0 bridgehead atoms. The molecule has 1 rings (SSSR count). The van der Waals surface area contributed by atoms with E-state index in [1.807, 2.05) is 0 Å². The van der Waals surface area contributed by atoms with Gasteiger partial charge < -0.3 is 0 Å². The van der Waals surface area contributed by atoms with Gasteiger partial charge in [0.15, 0.2) is 0 Å². The summed E-state index contributed by atoms with van der Waals surface area (Å²) in [6.07, 6.45) is 0. The Hall–Kier alpha value is -0.510. The van der Waals surface area contributed by atoms with E-state index in [2.05, 4.69) is 42.9 Å². The van der Waals surface area contributed by atoms with Gasteiger partial charge in [0.1, 0.15) is 5.82 Å². The lowest BCUT2D eigenvalue weighted by molar-refractivity contribution is 0.748. The molecule has 0 atom stereocenters. The molecule has 0 aliphatic rings. The van der Waals surface area contributed by atoms with E-state index in [0.717, 1.165) is 16.7 Å². The summed E-state index contributed by atoms with van der Waals surface area (Å²) in [7, 11) is 0. The molecule has 1 aromatic heterocycles. The molecule has 0 aromatic carbocycles. The van der Waals surface area contributed by atoms with Gasteiger partial charge in [0.25, 0.3) is 0 Å². The molecule has 0 aliphatic heterocycles. The summed E-state index contributed by atoms with van der Waals surface area (Å²) in [4.78, 5) is 4.38. The van der Waals surface area contributed by atoms with Gasteiger partial charge in [-0.25, -0.2) is 4.98 Å². The second-order valence-electron chi connectivity index (χ2n) is 3.86. The van der Waals surface area contributed by atoms with Gasteiger partial charge in [-0.3, -0.25) is 5.10 Å². The Kier molecular flexibility index (Phi) is 3.78. The van der Waals surface area contributed by atoms with E-state index in [1.165, 1.54) is 0 Å². The summed E-state index contributed by atoms with van der Waals surface area (Å²) < 4.78 is 0. The molecule has 1 aromatic rings. The van der Waals surface area contributed by atoms with Crippen molar-refractivity contribution in [3.05, 3.63) is 5.82 Å². The average molecular weight is 199 g/mol. The van der Waals surface area contributed by atoms with Crippen molar-refractivity contribution >= 4 is 11.8 Å². The number of aromatic amines is 1. The van der Waals surface area contributed by atoms with Crippen molar-refractivity contribution in [3.63, 3.8) is 0 Å². The normalized spacial score (nSPS) is 11.5. The molecule has 0 saturated carbocycles. The number of H-pyrrole nitrogens is 1. The maximum atomic E-state index is 4.38. The van der Waals surface area contributed by atoms with E-state index in [4.69, 9.17) is 0 Å². The topological polar surface area (TPSA) is 41.6 Å². The molecule has 1 heterocycles. The van der Waals surface area contributed by atoms with Crippen LogP contribution in [-0.2, 0) is 0 Å². The van der Waals surface area contributed by atoms with E-state index < -0.39 is 0 Å². The predicted octanol–water partition coefficient (Wildman–Crippen LogP) is 2.68. The number of nitrogens with one attached hydrogen (secondary N) is 1. The Balaban J connectivity index is 2.49. The van der Waals surface area contributed by atoms with Crippen LogP contribution < -0.4 is 0 Å². The van der Waals surface area contributed by atoms with Gasteiger partial charge in [0.2, 0.25) is 5.16 Å². The Labute approximate surface area is 83.7 Å². The minimum Gasteiger partial charge on any atom is -0.262 e. The van der Waals surface area contributed by atoms with Crippen LogP contribution in [0.1, 0.15) is 39.4 Å². The number of hydrogen-bond acceptors (Lipinski definition) is 3. The molecule has 13 heavy (non-hydrogen) atoms. The summed E-state index contributed by atoms with van der Waals surface area (Å²) in [6.45, 7) is 8.61. The van der Waals surface area contributed by atoms with Gasteiger partial charge in [-0.15, -0.1) is 5.10 Å². The molecule has 0 radical (unpaired) electrons. The molecule has 0 unspecified atom stereocenters. The van der Waals surface area contributed by atoms with Crippen LogP contribution in [0.3, 0.4) is 0 Å². The fourth-order valence-electron chi connectivity index (χ4n) is 0.822. The number of nitrogens with zero attached hydrogens (tertiary/aromatic N) is 2. The van der Waals surface area contributed by atoms with Crippen LogP contribution in [-0.4, -0.2) is 20.9 Å². The molecular weight excluding hydrogens is 182 g/mol. The van der Waals surface area contributed by atoms with Crippen LogP contribution in [0.5, 0.6) is 0 Å². The lowest BCUT2D eigenvalue weighted by Gasteiger charge is -1.99. The zero-order valence-electron chi connectivity index (χ0n) is 8.66. The SMILES string of the molecule is CC(C)CSc1n[nH]c(C(C)C)n1. The largest absolute Gasteiger partial charge is 0.262 e. The van der Waals surface area contributed by atoms with Crippen molar-refractivity contribution < 1.29 is 0 Å². The van der Waals surface area contributed by atoms with Crippen LogP contribution in [0.4, 0.5) is 0 Å². The summed E-state index contributed by atoms with van der Waals surface area (Å²) >= 11 is 1.71. The van der Waals surface area contributed by atoms with Gasteiger partial charge in [0.05, 0.1) is 0 Å². The first-order valence-electron chi connectivity index (χ1n) is 4.64. The highest BCUT2D eigenvalue weighted by molar-refractivity contribution is 7.99. The third-order valence-electron chi connectivity index (χ3n) is 1.57. The van der Waals surface area contributed by atoms with Crippen LogP contribution in [0.2, 0.25) is 0 Å². The van der Waals surface area contributed by atoms with Gasteiger partial charge in [0, 0.05) is 11.7 Å². The maximum absolute atomic E-state index is 4.38. The van der Waals surface area contributed by atoms with E-state index in [-0.39, 0.29) is 0 Å². The summed E-state index contributed by atoms with van der Waals surface area (Å²) in [5, 5.41) is 7.96. The first kappa shape index (κ1) is 10.6. The zero-order valence-corrected chi connectivity index (χ0v) is 9.48. The Morgan fingerprint density at radius 2 is 2.00 bits per heavy atom. The molecule has 0 fully saturated rings. The Bertz CT molecular complexity index is 255. The minimum absolute atomic E-state index is 0.431. The van der Waals surface area contributed by atoms with Gasteiger partial charge in [-0.05, 0) is 5.92 Å². The van der Waals surface area contributed by atoms with Crippen molar-refractivity contribution in [1.82, 2.24) is 15.2 Å². The molecule has 0 amide bonds. The van der Waals surface area contributed by atoms with Crippen molar-refractivity contribution in [2.45, 2.75) is 38.8 Å². The summed E-state index contributed by atoms with van der Waals surface area (Å²) in [5.41, 5.74) is 0. The van der Waals surface area contributed by atoms with Gasteiger partial charge in [-0.1, -0.05) is 39.5 Å². The lowest BCUT2D eigenvalue weighted by atomic mass is 10.2.